The van der Waals surface area contributed by atoms with Gasteiger partial charge in [-0.1, -0.05) is 6.07 Å². The maximum absolute atomic E-state index is 13.5. The lowest BCUT2D eigenvalue weighted by Crippen LogP contribution is -2.01. The molecule has 4 heteroatoms. The standard InChI is InChI=1S/C12H13FN2S/c1-8-3-4-11(10(13)5-8)14-6-12-9(2)15-7-16-12/h3-5,7,14H,6H2,1-2H3. The molecule has 1 heterocycles. The monoisotopic (exact) mass is 236 g/mol. The summed E-state index contributed by atoms with van der Waals surface area (Å²) in [7, 11) is 0. The van der Waals surface area contributed by atoms with E-state index < -0.39 is 0 Å². The zero-order valence-corrected chi connectivity index (χ0v) is 10.1. The minimum atomic E-state index is -0.206. The molecule has 2 nitrogen and oxygen atoms in total. The van der Waals surface area contributed by atoms with Crippen molar-refractivity contribution in [3.63, 3.8) is 0 Å². The second-order valence-electron chi connectivity index (χ2n) is 3.70. The van der Waals surface area contributed by atoms with Gasteiger partial charge < -0.3 is 5.32 Å². The number of aromatic nitrogens is 1. The van der Waals surface area contributed by atoms with Gasteiger partial charge in [-0.15, -0.1) is 11.3 Å². The summed E-state index contributed by atoms with van der Waals surface area (Å²) in [5.41, 5.74) is 4.28. The smallest absolute Gasteiger partial charge is 0.146 e. The molecule has 0 fully saturated rings. The molecule has 1 N–H and O–H groups in total. The molecule has 0 atom stereocenters. The lowest BCUT2D eigenvalue weighted by atomic mass is 10.2. The Bertz CT molecular complexity index is 494. The van der Waals surface area contributed by atoms with Crippen molar-refractivity contribution in [1.82, 2.24) is 4.98 Å². The van der Waals surface area contributed by atoms with Crippen LogP contribution in [0.1, 0.15) is 16.1 Å². The van der Waals surface area contributed by atoms with Crippen LogP contribution < -0.4 is 5.32 Å². The molecule has 0 aliphatic rings. The van der Waals surface area contributed by atoms with Crippen LogP contribution >= 0.6 is 11.3 Å². The molecule has 84 valence electrons. The Hall–Kier alpha value is -1.42. The van der Waals surface area contributed by atoms with Crippen molar-refractivity contribution in [1.29, 1.82) is 0 Å². The fourth-order valence-corrected chi connectivity index (χ4v) is 2.15. The van der Waals surface area contributed by atoms with Crippen molar-refractivity contribution in [3.8, 4) is 0 Å². The number of hydrogen-bond donors (Lipinski definition) is 1. The van der Waals surface area contributed by atoms with Crippen LogP contribution in [0.4, 0.5) is 10.1 Å². The third-order valence-electron chi connectivity index (χ3n) is 2.41. The summed E-state index contributed by atoms with van der Waals surface area (Å²) in [4.78, 5) is 5.29. The second kappa shape index (κ2) is 4.61. The fraction of sp³-hybridized carbons (Fsp3) is 0.250. The fourth-order valence-electron chi connectivity index (χ4n) is 1.43. The number of hydrogen-bond acceptors (Lipinski definition) is 3. The molecule has 0 bridgehead atoms. The van der Waals surface area contributed by atoms with E-state index in [0.717, 1.165) is 16.1 Å². The van der Waals surface area contributed by atoms with Crippen LogP contribution in [0.15, 0.2) is 23.7 Å². The molecule has 16 heavy (non-hydrogen) atoms. The van der Waals surface area contributed by atoms with Crippen LogP contribution in [0, 0.1) is 19.7 Å². The van der Waals surface area contributed by atoms with E-state index in [1.54, 1.807) is 22.9 Å². The minimum absolute atomic E-state index is 0.206. The van der Waals surface area contributed by atoms with Crippen LogP contribution in [0.5, 0.6) is 0 Å². The Morgan fingerprint density at radius 2 is 2.19 bits per heavy atom. The molecule has 0 saturated carbocycles. The van der Waals surface area contributed by atoms with Gasteiger partial charge in [0, 0.05) is 4.88 Å². The summed E-state index contributed by atoms with van der Waals surface area (Å²) in [6, 6.07) is 5.19. The molecule has 0 saturated heterocycles. The highest BCUT2D eigenvalue weighted by Gasteiger charge is 2.04. The summed E-state index contributed by atoms with van der Waals surface area (Å²) in [5, 5.41) is 3.08. The Morgan fingerprint density at radius 3 is 2.81 bits per heavy atom. The summed E-state index contributed by atoms with van der Waals surface area (Å²) in [6.07, 6.45) is 0. The SMILES string of the molecule is Cc1ccc(NCc2scnc2C)c(F)c1. The summed E-state index contributed by atoms with van der Waals surface area (Å²) in [6.45, 7) is 4.45. The van der Waals surface area contributed by atoms with E-state index in [1.807, 2.05) is 19.9 Å². The summed E-state index contributed by atoms with van der Waals surface area (Å²) >= 11 is 1.58. The van der Waals surface area contributed by atoms with Gasteiger partial charge in [0.2, 0.25) is 0 Å². The number of nitrogens with zero attached hydrogens (tertiary/aromatic N) is 1. The van der Waals surface area contributed by atoms with Gasteiger partial charge in [0.25, 0.3) is 0 Å². The number of aryl methyl sites for hydroxylation is 2. The Labute approximate surface area is 98.2 Å². The van der Waals surface area contributed by atoms with Crippen molar-refractivity contribution < 1.29 is 4.39 Å². The maximum Gasteiger partial charge on any atom is 0.146 e. The lowest BCUT2D eigenvalue weighted by molar-refractivity contribution is 0.629. The number of rotatable bonds is 3. The van der Waals surface area contributed by atoms with Crippen LogP contribution in [-0.4, -0.2) is 4.98 Å². The highest BCUT2D eigenvalue weighted by atomic mass is 32.1. The summed E-state index contributed by atoms with van der Waals surface area (Å²) < 4.78 is 13.5. The van der Waals surface area contributed by atoms with Crippen molar-refractivity contribution in [3.05, 3.63) is 45.7 Å². The maximum atomic E-state index is 13.5. The van der Waals surface area contributed by atoms with Crippen LogP contribution in [0.2, 0.25) is 0 Å². The number of nitrogens with one attached hydrogen (secondary N) is 1. The molecule has 0 aliphatic heterocycles. The molecule has 1 aromatic heterocycles. The molecule has 1 aromatic carbocycles. The Kier molecular flexibility index (Phi) is 3.19. The number of thiazole rings is 1. The average molecular weight is 236 g/mol. The van der Waals surface area contributed by atoms with E-state index in [0.29, 0.717) is 12.2 Å². The third kappa shape index (κ3) is 2.39. The third-order valence-corrected chi connectivity index (χ3v) is 3.34. The zero-order valence-electron chi connectivity index (χ0n) is 9.25. The van der Waals surface area contributed by atoms with Gasteiger partial charge >= 0.3 is 0 Å². The first-order valence-electron chi connectivity index (χ1n) is 5.06. The molecule has 0 amide bonds. The first-order chi connectivity index (χ1) is 7.66. The molecule has 0 radical (unpaired) electrons. The van der Waals surface area contributed by atoms with E-state index in [1.165, 1.54) is 6.07 Å². The van der Waals surface area contributed by atoms with E-state index in [-0.39, 0.29) is 5.82 Å². The minimum Gasteiger partial charge on any atom is -0.378 e. The molecule has 0 aliphatic carbocycles. The van der Waals surface area contributed by atoms with Gasteiger partial charge in [0.05, 0.1) is 23.4 Å². The van der Waals surface area contributed by atoms with Gasteiger partial charge in [-0.2, -0.15) is 0 Å². The van der Waals surface area contributed by atoms with E-state index in [2.05, 4.69) is 10.3 Å². The lowest BCUT2D eigenvalue weighted by Gasteiger charge is -2.07. The first-order valence-corrected chi connectivity index (χ1v) is 5.94. The predicted octanol–water partition coefficient (Wildman–Crippen LogP) is 3.51. The van der Waals surface area contributed by atoms with Crippen LogP contribution in [-0.2, 0) is 6.54 Å². The first kappa shape index (κ1) is 11.1. The van der Waals surface area contributed by atoms with Crippen LogP contribution in [0.25, 0.3) is 0 Å². The van der Waals surface area contributed by atoms with Crippen molar-refractivity contribution in [2.45, 2.75) is 20.4 Å². The van der Waals surface area contributed by atoms with Gasteiger partial charge in [-0.05, 0) is 31.5 Å². The molecule has 0 unspecified atom stereocenters. The number of anilines is 1. The number of benzene rings is 1. The van der Waals surface area contributed by atoms with Gasteiger partial charge in [-0.25, -0.2) is 9.37 Å². The largest absolute Gasteiger partial charge is 0.378 e. The molecule has 0 spiro atoms. The quantitative estimate of drug-likeness (QED) is 0.882. The van der Waals surface area contributed by atoms with Gasteiger partial charge in [-0.3, -0.25) is 0 Å². The van der Waals surface area contributed by atoms with Gasteiger partial charge in [0.1, 0.15) is 5.82 Å². The normalized spacial score (nSPS) is 10.4. The van der Waals surface area contributed by atoms with Crippen molar-refractivity contribution in [2.24, 2.45) is 0 Å². The zero-order chi connectivity index (χ0) is 11.5. The van der Waals surface area contributed by atoms with E-state index in [9.17, 15) is 4.39 Å². The topological polar surface area (TPSA) is 24.9 Å². The molecule has 2 aromatic rings. The predicted molar refractivity (Wildman–Crippen MR) is 65.3 cm³/mol. The molecule has 2 rings (SSSR count). The molecular weight excluding hydrogens is 223 g/mol. The molecular formula is C12H13FN2S. The van der Waals surface area contributed by atoms with Crippen LogP contribution in [0.3, 0.4) is 0 Å². The highest BCUT2D eigenvalue weighted by molar-refractivity contribution is 7.09. The van der Waals surface area contributed by atoms with Gasteiger partial charge in [0.15, 0.2) is 0 Å². The number of halogens is 1. The van der Waals surface area contributed by atoms with Crippen molar-refractivity contribution >= 4 is 17.0 Å². The van der Waals surface area contributed by atoms with Crippen molar-refractivity contribution in [2.75, 3.05) is 5.32 Å². The summed E-state index contributed by atoms with van der Waals surface area (Å²) in [5.74, 6) is -0.206. The second-order valence-corrected chi connectivity index (χ2v) is 4.64. The van der Waals surface area contributed by atoms with E-state index >= 15 is 0 Å². The Morgan fingerprint density at radius 1 is 1.38 bits per heavy atom. The Balaban J connectivity index is 2.08. The average Bonchev–Trinajstić information content (AvgIpc) is 2.63. The highest BCUT2D eigenvalue weighted by Crippen LogP contribution is 2.18. The van der Waals surface area contributed by atoms with E-state index in [4.69, 9.17) is 0 Å².